The first-order valence-corrected chi connectivity index (χ1v) is 6.75. The van der Waals surface area contributed by atoms with E-state index in [1.54, 1.807) is 0 Å². The Labute approximate surface area is 118 Å². The molecule has 6 heteroatoms. The zero-order valence-corrected chi connectivity index (χ0v) is 12.1. The molecule has 2 rings (SSSR count). The summed E-state index contributed by atoms with van der Waals surface area (Å²) in [6.45, 7) is 2.89. The molecule has 0 radical (unpaired) electrons. The third-order valence-electron chi connectivity index (χ3n) is 2.80. The molecule has 0 saturated heterocycles. The maximum absolute atomic E-state index is 5.34. The summed E-state index contributed by atoms with van der Waals surface area (Å²) in [4.78, 5) is 1.39. The number of likely N-dealkylation sites (N-methyl/N-ethyl adjacent to an activating group) is 1. The molecule has 1 aromatic carbocycles. The highest BCUT2D eigenvalue weighted by atomic mass is 32.1. The van der Waals surface area contributed by atoms with Crippen LogP contribution >= 0.6 is 12.2 Å². The zero-order valence-electron chi connectivity index (χ0n) is 11.3. The highest BCUT2D eigenvalue weighted by Crippen LogP contribution is 2.32. The Kier molecular flexibility index (Phi) is 4.81. The van der Waals surface area contributed by atoms with Crippen molar-refractivity contribution in [1.29, 1.82) is 0 Å². The molecule has 1 aromatic rings. The van der Waals surface area contributed by atoms with E-state index in [1.807, 2.05) is 18.2 Å². The van der Waals surface area contributed by atoms with Crippen LogP contribution in [0, 0.1) is 0 Å². The van der Waals surface area contributed by atoms with Gasteiger partial charge in [0.25, 0.3) is 0 Å². The standard InChI is InChI=1S/C13H19N3O2S/c1-16(2)6-5-14-13(19)15-8-10-3-4-11-12(7-10)18-9-17-11/h3-4,7H,5-6,8-9H2,1-2H3,(H2,14,15,19)/p+1. The van der Waals surface area contributed by atoms with Gasteiger partial charge in [-0.2, -0.15) is 0 Å². The molecule has 0 fully saturated rings. The van der Waals surface area contributed by atoms with Crippen LogP contribution in [0.4, 0.5) is 0 Å². The van der Waals surface area contributed by atoms with Crippen molar-refractivity contribution in [3.63, 3.8) is 0 Å². The first kappa shape index (κ1) is 13.9. The van der Waals surface area contributed by atoms with Gasteiger partial charge < -0.3 is 25.0 Å². The molecule has 3 N–H and O–H groups in total. The van der Waals surface area contributed by atoms with Crippen molar-refractivity contribution in [2.75, 3.05) is 34.0 Å². The average molecular weight is 282 g/mol. The second kappa shape index (κ2) is 6.58. The van der Waals surface area contributed by atoms with E-state index in [0.29, 0.717) is 18.5 Å². The number of ether oxygens (including phenoxy) is 2. The summed E-state index contributed by atoms with van der Waals surface area (Å²) in [6.07, 6.45) is 0. The van der Waals surface area contributed by atoms with Crippen LogP contribution < -0.4 is 25.0 Å². The minimum Gasteiger partial charge on any atom is -0.454 e. The van der Waals surface area contributed by atoms with E-state index >= 15 is 0 Å². The summed E-state index contributed by atoms with van der Waals surface area (Å²) >= 11 is 5.22. The summed E-state index contributed by atoms with van der Waals surface area (Å²) in [6, 6.07) is 5.90. The smallest absolute Gasteiger partial charge is 0.231 e. The normalized spacial score (nSPS) is 12.6. The van der Waals surface area contributed by atoms with Gasteiger partial charge in [0.1, 0.15) is 0 Å². The van der Waals surface area contributed by atoms with E-state index in [2.05, 4.69) is 24.7 Å². The van der Waals surface area contributed by atoms with Crippen LogP contribution in [0.25, 0.3) is 0 Å². The number of fused-ring (bicyclic) bond motifs is 1. The van der Waals surface area contributed by atoms with Crippen LogP contribution in [0.3, 0.4) is 0 Å². The molecular weight excluding hydrogens is 262 g/mol. The van der Waals surface area contributed by atoms with Crippen molar-refractivity contribution < 1.29 is 14.4 Å². The molecule has 0 atom stereocenters. The number of nitrogens with one attached hydrogen (secondary N) is 3. The van der Waals surface area contributed by atoms with Gasteiger partial charge in [0.2, 0.25) is 6.79 Å². The molecule has 0 saturated carbocycles. The summed E-state index contributed by atoms with van der Waals surface area (Å²) < 4.78 is 10.6. The Morgan fingerprint density at radius 3 is 2.84 bits per heavy atom. The van der Waals surface area contributed by atoms with Crippen molar-refractivity contribution in [1.82, 2.24) is 10.6 Å². The number of rotatable bonds is 5. The first-order valence-electron chi connectivity index (χ1n) is 6.34. The Bertz CT molecular complexity index is 452. The largest absolute Gasteiger partial charge is 0.454 e. The van der Waals surface area contributed by atoms with Crippen molar-refractivity contribution in [3.05, 3.63) is 23.8 Å². The number of benzene rings is 1. The SMILES string of the molecule is C[NH+](C)CCNC(=S)NCc1ccc2c(c1)OCO2. The third-order valence-corrected chi connectivity index (χ3v) is 3.09. The van der Waals surface area contributed by atoms with Gasteiger partial charge in [-0.25, -0.2) is 0 Å². The molecule has 0 aromatic heterocycles. The zero-order chi connectivity index (χ0) is 13.7. The minimum atomic E-state index is 0.305. The molecule has 0 amide bonds. The minimum absolute atomic E-state index is 0.305. The van der Waals surface area contributed by atoms with Crippen molar-refractivity contribution in [2.24, 2.45) is 0 Å². The maximum atomic E-state index is 5.34. The average Bonchev–Trinajstić information content (AvgIpc) is 2.83. The lowest BCUT2D eigenvalue weighted by molar-refractivity contribution is -0.856. The number of thiocarbonyl (C=S) groups is 1. The molecular formula is C13H20N3O2S+. The second-order valence-electron chi connectivity index (χ2n) is 4.75. The Hall–Kier alpha value is -1.53. The lowest BCUT2D eigenvalue weighted by atomic mass is 10.2. The van der Waals surface area contributed by atoms with Crippen molar-refractivity contribution >= 4 is 17.3 Å². The molecule has 104 valence electrons. The van der Waals surface area contributed by atoms with E-state index in [9.17, 15) is 0 Å². The number of hydrogen-bond acceptors (Lipinski definition) is 3. The van der Waals surface area contributed by atoms with Gasteiger partial charge in [0.15, 0.2) is 16.6 Å². The topological polar surface area (TPSA) is 47.0 Å². The summed E-state index contributed by atoms with van der Waals surface area (Å²) in [5.74, 6) is 1.60. The van der Waals surface area contributed by atoms with Gasteiger partial charge in [0, 0.05) is 6.54 Å². The second-order valence-corrected chi connectivity index (χ2v) is 5.16. The summed E-state index contributed by atoms with van der Waals surface area (Å²) in [7, 11) is 4.23. The van der Waals surface area contributed by atoms with Crippen LogP contribution in [0.2, 0.25) is 0 Å². The molecule has 1 aliphatic rings. The van der Waals surface area contributed by atoms with Crippen LogP contribution in [0.5, 0.6) is 11.5 Å². The third kappa shape index (κ3) is 4.25. The maximum Gasteiger partial charge on any atom is 0.231 e. The molecule has 0 bridgehead atoms. The Morgan fingerprint density at radius 2 is 2.05 bits per heavy atom. The fourth-order valence-corrected chi connectivity index (χ4v) is 1.90. The first-order chi connectivity index (χ1) is 9.15. The predicted molar refractivity (Wildman–Crippen MR) is 77.7 cm³/mol. The quantitative estimate of drug-likeness (QED) is 0.637. The molecule has 19 heavy (non-hydrogen) atoms. The fourth-order valence-electron chi connectivity index (χ4n) is 1.72. The van der Waals surface area contributed by atoms with Gasteiger partial charge in [-0.05, 0) is 29.9 Å². The van der Waals surface area contributed by atoms with E-state index in [4.69, 9.17) is 21.7 Å². The van der Waals surface area contributed by atoms with Crippen LogP contribution in [-0.4, -0.2) is 39.1 Å². The Balaban J connectivity index is 1.74. The van der Waals surface area contributed by atoms with E-state index in [-0.39, 0.29) is 0 Å². The molecule has 1 heterocycles. The Morgan fingerprint density at radius 1 is 1.26 bits per heavy atom. The highest BCUT2D eigenvalue weighted by Gasteiger charge is 2.12. The van der Waals surface area contributed by atoms with Gasteiger partial charge in [-0.15, -0.1) is 0 Å². The van der Waals surface area contributed by atoms with Gasteiger partial charge in [-0.3, -0.25) is 0 Å². The summed E-state index contributed by atoms with van der Waals surface area (Å²) in [5.41, 5.74) is 1.12. The van der Waals surface area contributed by atoms with Crippen LogP contribution in [-0.2, 0) is 6.54 Å². The lowest BCUT2D eigenvalue weighted by Gasteiger charge is -2.12. The van der Waals surface area contributed by atoms with Crippen LogP contribution in [0.1, 0.15) is 5.56 Å². The van der Waals surface area contributed by atoms with Crippen molar-refractivity contribution in [2.45, 2.75) is 6.54 Å². The molecule has 0 unspecified atom stereocenters. The molecule has 1 aliphatic heterocycles. The summed E-state index contributed by atoms with van der Waals surface area (Å²) in [5, 5.41) is 7.04. The highest BCUT2D eigenvalue weighted by molar-refractivity contribution is 7.80. The fraction of sp³-hybridized carbons (Fsp3) is 0.462. The van der Waals surface area contributed by atoms with E-state index < -0.39 is 0 Å². The predicted octanol–water partition coefficient (Wildman–Crippen LogP) is -0.476. The molecule has 0 aliphatic carbocycles. The number of quaternary nitrogens is 1. The van der Waals surface area contributed by atoms with E-state index in [0.717, 1.165) is 30.2 Å². The number of hydrogen-bond donors (Lipinski definition) is 3. The molecule has 5 nitrogen and oxygen atoms in total. The van der Waals surface area contributed by atoms with E-state index in [1.165, 1.54) is 4.90 Å². The van der Waals surface area contributed by atoms with Gasteiger partial charge in [-0.1, -0.05) is 6.07 Å². The van der Waals surface area contributed by atoms with Crippen molar-refractivity contribution in [3.8, 4) is 11.5 Å². The monoisotopic (exact) mass is 282 g/mol. The van der Waals surface area contributed by atoms with Gasteiger partial charge in [0.05, 0.1) is 27.2 Å². The lowest BCUT2D eigenvalue weighted by Crippen LogP contribution is -3.06. The van der Waals surface area contributed by atoms with Crippen LogP contribution in [0.15, 0.2) is 18.2 Å². The molecule has 0 spiro atoms. The van der Waals surface area contributed by atoms with Gasteiger partial charge >= 0.3 is 0 Å².